The molecule has 0 fully saturated rings. The van der Waals surface area contributed by atoms with Crippen molar-refractivity contribution < 1.29 is 19.1 Å². The highest BCUT2D eigenvalue weighted by Gasteiger charge is 2.13. The Morgan fingerprint density at radius 2 is 1.76 bits per heavy atom. The maximum absolute atomic E-state index is 11.8. The molecule has 5 nitrogen and oxygen atoms in total. The predicted octanol–water partition coefficient (Wildman–Crippen LogP) is 3.50. The maximum atomic E-state index is 11.8. The van der Waals surface area contributed by atoms with Gasteiger partial charge in [0.2, 0.25) is 0 Å². The third-order valence-electron chi connectivity index (χ3n) is 3.92. The first-order chi connectivity index (χ1) is 12.1. The number of ether oxygens (including phenoxy) is 2. The average molecular weight is 404 g/mol. The van der Waals surface area contributed by atoms with Gasteiger partial charge in [0.05, 0.1) is 0 Å². The normalized spacial score (nSPS) is 12.4. The number of carbonyl (C=O) groups excluding carboxylic acids is 2. The van der Waals surface area contributed by atoms with Crippen molar-refractivity contribution in [3.05, 3.63) is 58.1 Å². The monoisotopic (exact) mass is 403 g/mol. The van der Waals surface area contributed by atoms with Crippen LogP contribution in [0.1, 0.15) is 17.5 Å². The third kappa shape index (κ3) is 5.06. The molecule has 2 aromatic rings. The van der Waals surface area contributed by atoms with Crippen LogP contribution in [0, 0.1) is 0 Å². The van der Waals surface area contributed by atoms with Gasteiger partial charge >= 0.3 is 5.97 Å². The second kappa shape index (κ2) is 8.16. The lowest BCUT2D eigenvalue weighted by molar-refractivity contribution is -0.149. The molecular weight excluding hydrogens is 386 g/mol. The zero-order valence-electron chi connectivity index (χ0n) is 13.6. The second-order valence-corrected chi connectivity index (χ2v) is 6.70. The van der Waals surface area contributed by atoms with Crippen LogP contribution in [-0.2, 0) is 27.2 Å². The van der Waals surface area contributed by atoms with Crippen LogP contribution in [0.15, 0.2) is 46.9 Å². The standard InChI is InChI=1S/C19H18BrNO4/c20-15-5-7-16(8-6-15)21-18(22)11-25-19(23)12-24-17-9-4-13-2-1-3-14(13)10-17/h4-10H,1-3,11-12H2,(H,21,22). The van der Waals surface area contributed by atoms with Crippen LogP contribution in [0.2, 0.25) is 0 Å². The minimum atomic E-state index is -0.577. The van der Waals surface area contributed by atoms with Crippen LogP contribution in [0.25, 0.3) is 0 Å². The van der Waals surface area contributed by atoms with Gasteiger partial charge in [-0.1, -0.05) is 22.0 Å². The summed E-state index contributed by atoms with van der Waals surface area (Å²) >= 11 is 3.32. The molecule has 0 aliphatic heterocycles. The molecule has 3 rings (SSSR count). The summed E-state index contributed by atoms with van der Waals surface area (Å²) < 4.78 is 11.3. The molecule has 0 atom stereocenters. The summed E-state index contributed by atoms with van der Waals surface area (Å²) in [6.07, 6.45) is 3.31. The lowest BCUT2D eigenvalue weighted by Crippen LogP contribution is -2.23. The van der Waals surface area contributed by atoms with Gasteiger partial charge in [0.15, 0.2) is 13.2 Å². The van der Waals surface area contributed by atoms with Crippen molar-refractivity contribution in [2.45, 2.75) is 19.3 Å². The largest absolute Gasteiger partial charge is 0.482 e. The number of amides is 1. The van der Waals surface area contributed by atoms with Gasteiger partial charge in [-0.25, -0.2) is 4.79 Å². The number of hydrogen-bond donors (Lipinski definition) is 1. The molecule has 0 aromatic heterocycles. The van der Waals surface area contributed by atoms with Gasteiger partial charge in [0, 0.05) is 10.2 Å². The quantitative estimate of drug-likeness (QED) is 0.749. The van der Waals surface area contributed by atoms with E-state index in [1.165, 1.54) is 11.1 Å². The molecule has 25 heavy (non-hydrogen) atoms. The Labute approximate surface area is 154 Å². The van der Waals surface area contributed by atoms with Crippen molar-refractivity contribution in [3.8, 4) is 5.75 Å². The Balaban J connectivity index is 1.40. The fourth-order valence-electron chi connectivity index (χ4n) is 2.70. The lowest BCUT2D eigenvalue weighted by atomic mass is 10.1. The number of halogens is 1. The molecule has 0 saturated heterocycles. The van der Waals surface area contributed by atoms with Crippen molar-refractivity contribution in [2.75, 3.05) is 18.5 Å². The van der Waals surface area contributed by atoms with Crippen LogP contribution in [-0.4, -0.2) is 25.1 Å². The van der Waals surface area contributed by atoms with Gasteiger partial charge in [-0.3, -0.25) is 4.79 Å². The molecule has 0 unspecified atom stereocenters. The van der Waals surface area contributed by atoms with Crippen LogP contribution < -0.4 is 10.1 Å². The summed E-state index contributed by atoms with van der Waals surface area (Å²) in [5.41, 5.74) is 3.26. The molecule has 0 heterocycles. The first kappa shape index (κ1) is 17.5. The Bertz CT molecular complexity index is 773. The van der Waals surface area contributed by atoms with E-state index in [2.05, 4.69) is 21.2 Å². The summed E-state index contributed by atoms with van der Waals surface area (Å²) in [5, 5.41) is 2.65. The second-order valence-electron chi connectivity index (χ2n) is 5.79. The molecule has 1 aliphatic carbocycles. The summed E-state index contributed by atoms with van der Waals surface area (Å²) in [7, 11) is 0. The van der Waals surface area contributed by atoms with E-state index in [4.69, 9.17) is 9.47 Å². The Morgan fingerprint density at radius 1 is 1.00 bits per heavy atom. The molecule has 1 amide bonds. The number of carbonyl (C=O) groups is 2. The van der Waals surface area contributed by atoms with E-state index in [9.17, 15) is 9.59 Å². The highest BCUT2D eigenvalue weighted by molar-refractivity contribution is 9.10. The summed E-state index contributed by atoms with van der Waals surface area (Å²) in [6.45, 7) is -0.563. The van der Waals surface area contributed by atoms with E-state index in [0.29, 0.717) is 11.4 Å². The van der Waals surface area contributed by atoms with E-state index in [1.807, 2.05) is 30.3 Å². The molecular formula is C19H18BrNO4. The lowest BCUT2D eigenvalue weighted by Gasteiger charge is -2.09. The molecule has 0 saturated carbocycles. The topological polar surface area (TPSA) is 64.6 Å². The van der Waals surface area contributed by atoms with Crippen LogP contribution in [0.4, 0.5) is 5.69 Å². The fourth-order valence-corrected chi connectivity index (χ4v) is 2.96. The van der Waals surface area contributed by atoms with E-state index >= 15 is 0 Å². The van der Waals surface area contributed by atoms with Gasteiger partial charge in [-0.2, -0.15) is 0 Å². The maximum Gasteiger partial charge on any atom is 0.344 e. The number of esters is 1. The van der Waals surface area contributed by atoms with Crippen molar-refractivity contribution >= 4 is 33.5 Å². The number of rotatable bonds is 6. The molecule has 1 aliphatic rings. The smallest absolute Gasteiger partial charge is 0.344 e. The first-order valence-electron chi connectivity index (χ1n) is 8.06. The van der Waals surface area contributed by atoms with Gasteiger partial charge in [-0.05, 0) is 66.8 Å². The Morgan fingerprint density at radius 3 is 2.56 bits per heavy atom. The van der Waals surface area contributed by atoms with Crippen molar-refractivity contribution in [1.29, 1.82) is 0 Å². The summed E-state index contributed by atoms with van der Waals surface area (Å²) in [5.74, 6) is -0.323. The number of anilines is 1. The first-order valence-corrected chi connectivity index (χ1v) is 8.85. The van der Waals surface area contributed by atoms with Crippen LogP contribution >= 0.6 is 15.9 Å². The number of benzene rings is 2. The molecule has 6 heteroatoms. The molecule has 0 spiro atoms. The van der Waals surface area contributed by atoms with E-state index in [0.717, 1.165) is 23.7 Å². The van der Waals surface area contributed by atoms with Crippen molar-refractivity contribution in [2.24, 2.45) is 0 Å². The van der Waals surface area contributed by atoms with Gasteiger partial charge in [-0.15, -0.1) is 0 Å². The minimum Gasteiger partial charge on any atom is -0.482 e. The van der Waals surface area contributed by atoms with Crippen LogP contribution in [0.5, 0.6) is 5.75 Å². The van der Waals surface area contributed by atoms with Gasteiger partial charge in [0.25, 0.3) is 5.91 Å². The number of aryl methyl sites for hydroxylation is 2. The highest BCUT2D eigenvalue weighted by Crippen LogP contribution is 2.25. The van der Waals surface area contributed by atoms with Gasteiger partial charge < -0.3 is 14.8 Å². The highest BCUT2D eigenvalue weighted by atomic mass is 79.9. The number of fused-ring (bicyclic) bond motifs is 1. The summed E-state index contributed by atoms with van der Waals surface area (Å²) in [4.78, 5) is 23.5. The summed E-state index contributed by atoms with van der Waals surface area (Å²) in [6, 6.07) is 13.0. The molecule has 0 radical (unpaired) electrons. The Kier molecular flexibility index (Phi) is 5.71. The minimum absolute atomic E-state index is 0.218. The Hall–Kier alpha value is -2.34. The average Bonchev–Trinajstić information content (AvgIpc) is 3.08. The van der Waals surface area contributed by atoms with Crippen molar-refractivity contribution in [3.63, 3.8) is 0 Å². The molecule has 130 valence electrons. The van der Waals surface area contributed by atoms with Crippen LogP contribution in [0.3, 0.4) is 0 Å². The molecule has 2 aromatic carbocycles. The van der Waals surface area contributed by atoms with E-state index in [1.54, 1.807) is 12.1 Å². The SMILES string of the molecule is O=C(COC(=O)COc1ccc2c(c1)CCC2)Nc1ccc(Br)cc1. The van der Waals surface area contributed by atoms with E-state index < -0.39 is 11.9 Å². The number of nitrogens with one attached hydrogen (secondary N) is 1. The zero-order valence-corrected chi connectivity index (χ0v) is 15.2. The molecule has 0 bridgehead atoms. The van der Waals surface area contributed by atoms with Crippen molar-refractivity contribution in [1.82, 2.24) is 0 Å². The predicted molar refractivity (Wildman–Crippen MR) is 97.7 cm³/mol. The van der Waals surface area contributed by atoms with Gasteiger partial charge in [0.1, 0.15) is 5.75 Å². The fraction of sp³-hybridized carbons (Fsp3) is 0.263. The zero-order chi connectivity index (χ0) is 17.6. The van der Waals surface area contributed by atoms with E-state index in [-0.39, 0.29) is 13.2 Å². The molecule has 1 N–H and O–H groups in total. The number of hydrogen-bond acceptors (Lipinski definition) is 4. The third-order valence-corrected chi connectivity index (χ3v) is 4.45.